The van der Waals surface area contributed by atoms with Gasteiger partial charge in [-0.3, -0.25) is 5.10 Å². The molecule has 2 aliphatic carbocycles. The summed E-state index contributed by atoms with van der Waals surface area (Å²) in [7, 11) is 0. The third-order valence-electron chi connectivity index (χ3n) is 3.30. The van der Waals surface area contributed by atoms with Crippen LogP contribution in [0.2, 0.25) is 0 Å². The van der Waals surface area contributed by atoms with Crippen LogP contribution < -0.4 is 5.73 Å². The molecule has 2 fully saturated rings. The molecule has 12 heavy (non-hydrogen) atoms. The highest BCUT2D eigenvalue weighted by molar-refractivity contribution is 5.31. The first-order valence-electron chi connectivity index (χ1n) is 4.63. The standard InChI is InChI=1S/C9H13N3/c10-9-4-8(11-12-9)7-2-5-1-6(5)3-7/h4-7H,1-3H2,(H3,10,11,12). The zero-order valence-corrected chi connectivity index (χ0v) is 6.96. The molecule has 0 saturated heterocycles. The van der Waals surface area contributed by atoms with E-state index in [0.717, 1.165) is 17.8 Å². The van der Waals surface area contributed by atoms with Gasteiger partial charge in [0.15, 0.2) is 0 Å². The van der Waals surface area contributed by atoms with E-state index in [1.54, 1.807) is 0 Å². The molecular formula is C9H13N3. The molecule has 64 valence electrons. The largest absolute Gasteiger partial charge is 0.382 e. The maximum atomic E-state index is 5.55. The first-order valence-corrected chi connectivity index (χ1v) is 4.63. The van der Waals surface area contributed by atoms with Crippen LogP contribution in [0.25, 0.3) is 0 Å². The number of aromatic nitrogens is 2. The number of hydrogen-bond donors (Lipinski definition) is 2. The summed E-state index contributed by atoms with van der Waals surface area (Å²) in [5, 5.41) is 6.97. The number of rotatable bonds is 1. The molecule has 3 nitrogen and oxygen atoms in total. The SMILES string of the molecule is Nc1cc(C2CC3CC3C2)[nH]n1. The minimum atomic E-state index is 0.630. The molecule has 1 aromatic rings. The molecule has 0 aromatic carbocycles. The van der Waals surface area contributed by atoms with Crippen molar-refractivity contribution < 1.29 is 0 Å². The molecule has 2 atom stereocenters. The summed E-state index contributed by atoms with van der Waals surface area (Å²) in [4.78, 5) is 0. The van der Waals surface area contributed by atoms with Crippen LogP contribution in [0.4, 0.5) is 5.82 Å². The molecule has 1 heterocycles. The van der Waals surface area contributed by atoms with E-state index < -0.39 is 0 Å². The third-order valence-corrected chi connectivity index (χ3v) is 3.30. The molecule has 0 amide bonds. The Balaban J connectivity index is 1.81. The Kier molecular flexibility index (Phi) is 1.10. The Morgan fingerprint density at radius 3 is 2.67 bits per heavy atom. The van der Waals surface area contributed by atoms with Crippen molar-refractivity contribution in [1.82, 2.24) is 10.2 Å². The number of hydrogen-bond acceptors (Lipinski definition) is 2. The second kappa shape index (κ2) is 2.03. The second-order valence-electron chi connectivity index (χ2n) is 4.17. The van der Waals surface area contributed by atoms with Crippen LogP contribution in [0.3, 0.4) is 0 Å². The Labute approximate surface area is 71.3 Å². The van der Waals surface area contributed by atoms with Gasteiger partial charge in [-0.15, -0.1) is 0 Å². The van der Waals surface area contributed by atoms with Crippen molar-refractivity contribution in [3.63, 3.8) is 0 Å². The molecule has 1 aromatic heterocycles. The maximum Gasteiger partial charge on any atom is 0.145 e. The zero-order valence-electron chi connectivity index (χ0n) is 6.96. The fourth-order valence-electron chi connectivity index (χ4n) is 2.53. The van der Waals surface area contributed by atoms with Gasteiger partial charge in [0.2, 0.25) is 0 Å². The van der Waals surface area contributed by atoms with Crippen LogP contribution in [0.5, 0.6) is 0 Å². The monoisotopic (exact) mass is 163 g/mol. The highest BCUT2D eigenvalue weighted by Crippen LogP contribution is 2.57. The molecule has 0 aliphatic heterocycles. The van der Waals surface area contributed by atoms with E-state index in [0.29, 0.717) is 5.82 Å². The Morgan fingerprint density at radius 1 is 1.33 bits per heavy atom. The molecule has 3 heteroatoms. The minimum Gasteiger partial charge on any atom is -0.382 e. The summed E-state index contributed by atoms with van der Waals surface area (Å²) in [6.45, 7) is 0. The molecule has 2 unspecified atom stereocenters. The van der Waals surface area contributed by atoms with Gasteiger partial charge < -0.3 is 5.73 Å². The van der Waals surface area contributed by atoms with Crippen LogP contribution in [0.15, 0.2) is 6.07 Å². The highest BCUT2D eigenvalue weighted by Gasteiger charge is 2.46. The molecule has 0 radical (unpaired) electrons. The van der Waals surface area contributed by atoms with Crippen LogP contribution in [-0.4, -0.2) is 10.2 Å². The minimum absolute atomic E-state index is 0.630. The Bertz CT molecular complexity index is 294. The van der Waals surface area contributed by atoms with Crippen molar-refractivity contribution in [3.05, 3.63) is 11.8 Å². The summed E-state index contributed by atoms with van der Waals surface area (Å²) in [5.74, 6) is 3.41. The van der Waals surface area contributed by atoms with E-state index in [1.807, 2.05) is 6.07 Å². The van der Waals surface area contributed by atoms with E-state index in [4.69, 9.17) is 5.73 Å². The highest BCUT2D eigenvalue weighted by atomic mass is 15.2. The molecule has 2 aliphatic rings. The van der Waals surface area contributed by atoms with E-state index >= 15 is 0 Å². The van der Waals surface area contributed by atoms with Gasteiger partial charge in [-0.05, 0) is 31.1 Å². The van der Waals surface area contributed by atoms with Gasteiger partial charge in [0.1, 0.15) is 5.82 Å². The van der Waals surface area contributed by atoms with E-state index in [2.05, 4.69) is 10.2 Å². The lowest BCUT2D eigenvalue weighted by atomic mass is 10.00. The Morgan fingerprint density at radius 2 is 2.08 bits per heavy atom. The summed E-state index contributed by atoms with van der Waals surface area (Å²) in [6.07, 6.45) is 4.18. The molecular weight excluding hydrogens is 150 g/mol. The lowest BCUT2D eigenvalue weighted by Crippen LogP contribution is -1.95. The summed E-state index contributed by atoms with van der Waals surface area (Å²) >= 11 is 0. The van der Waals surface area contributed by atoms with Crippen molar-refractivity contribution in [1.29, 1.82) is 0 Å². The van der Waals surface area contributed by atoms with Gasteiger partial charge in [0.25, 0.3) is 0 Å². The number of aromatic amines is 1. The fourth-order valence-corrected chi connectivity index (χ4v) is 2.53. The molecule has 3 rings (SSSR count). The van der Waals surface area contributed by atoms with Gasteiger partial charge in [-0.1, -0.05) is 0 Å². The second-order valence-corrected chi connectivity index (χ2v) is 4.17. The normalized spacial score (nSPS) is 38.2. The predicted molar refractivity (Wildman–Crippen MR) is 46.6 cm³/mol. The smallest absolute Gasteiger partial charge is 0.145 e. The average molecular weight is 163 g/mol. The van der Waals surface area contributed by atoms with E-state index in [9.17, 15) is 0 Å². The summed E-state index contributed by atoms with van der Waals surface area (Å²) in [5.41, 5.74) is 6.80. The fraction of sp³-hybridized carbons (Fsp3) is 0.667. The number of nitrogen functional groups attached to an aromatic ring is 1. The lowest BCUT2D eigenvalue weighted by Gasteiger charge is -2.07. The zero-order chi connectivity index (χ0) is 8.13. The quantitative estimate of drug-likeness (QED) is 0.659. The van der Waals surface area contributed by atoms with Gasteiger partial charge in [0, 0.05) is 17.7 Å². The van der Waals surface area contributed by atoms with Crippen molar-refractivity contribution in [2.45, 2.75) is 25.2 Å². The van der Waals surface area contributed by atoms with Crippen LogP contribution in [-0.2, 0) is 0 Å². The maximum absolute atomic E-state index is 5.55. The van der Waals surface area contributed by atoms with E-state index in [1.165, 1.54) is 25.0 Å². The molecule has 0 bridgehead atoms. The molecule has 0 spiro atoms. The van der Waals surface area contributed by atoms with Crippen molar-refractivity contribution in [2.24, 2.45) is 11.8 Å². The van der Waals surface area contributed by atoms with Crippen molar-refractivity contribution in [3.8, 4) is 0 Å². The third kappa shape index (κ3) is 0.854. The summed E-state index contributed by atoms with van der Waals surface area (Å²) < 4.78 is 0. The van der Waals surface area contributed by atoms with Gasteiger partial charge in [0.05, 0.1) is 0 Å². The first kappa shape index (κ1) is 6.52. The molecule has 3 N–H and O–H groups in total. The average Bonchev–Trinajstić information content (AvgIpc) is 2.49. The summed E-state index contributed by atoms with van der Waals surface area (Å²) in [6, 6.07) is 1.98. The lowest BCUT2D eigenvalue weighted by molar-refractivity contribution is 0.606. The van der Waals surface area contributed by atoms with Gasteiger partial charge in [-0.2, -0.15) is 5.10 Å². The first-order chi connectivity index (χ1) is 5.83. The number of nitrogens with one attached hydrogen (secondary N) is 1. The van der Waals surface area contributed by atoms with Gasteiger partial charge in [-0.25, -0.2) is 0 Å². The van der Waals surface area contributed by atoms with Crippen molar-refractivity contribution >= 4 is 5.82 Å². The number of anilines is 1. The Hall–Kier alpha value is -0.990. The van der Waals surface area contributed by atoms with E-state index in [-0.39, 0.29) is 0 Å². The van der Waals surface area contributed by atoms with Crippen molar-refractivity contribution in [2.75, 3.05) is 5.73 Å². The number of H-pyrrole nitrogens is 1. The van der Waals surface area contributed by atoms with Crippen LogP contribution in [0, 0.1) is 11.8 Å². The predicted octanol–water partition coefficient (Wildman–Crippen LogP) is 1.51. The molecule has 2 saturated carbocycles. The van der Waals surface area contributed by atoms with Gasteiger partial charge >= 0.3 is 0 Å². The topological polar surface area (TPSA) is 54.7 Å². The number of nitrogens with zero attached hydrogens (tertiary/aromatic N) is 1. The number of nitrogens with two attached hydrogens (primary N) is 1. The van der Waals surface area contributed by atoms with Crippen LogP contribution in [0.1, 0.15) is 30.9 Å². The number of fused-ring (bicyclic) bond motifs is 1. The van der Waals surface area contributed by atoms with Crippen LogP contribution >= 0.6 is 0 Å².